The van der Waals surface area contributed by atoms with Crippen molar-refractivity contribution in [2.75, 3.05) is 0 Å². The third-order valence-corrected chi connectivity index (χ3v) is 5.20. The van der Waals surface area contributed by atoms with Crippen molar-refractivity contribution in [3.63, 3.8) is 0 Å². The number of carbonyl (C=O) groups excluding carboxylic acids is 1. The van der Waals surface area contributed by atoms with E-state index in [0.717, 1.165) is 25.9 Å². The molecule has 0 aliphatic carbocycles. The number of amides is 1. The Labute approximate surface area is 194 Å². The maximum Gasteiger partial charge on any atom is 0.352 e. The van der Waals surface area contributed by atoms with E-state index >= 15 is 0 Å². The first kappa shape index (κ1) is 22.2. The standard InChI is InChI=1S/C24H20ClN5O3/c1-16-7-9-17(10-8-16)15-29-23(32)21(22(31)27-14-18-4-3-11-26-13-18)28-30(24(29)33)20-6-2-5-19(25)12-20/h2-13H,14-15H2,1H3,(H,27,31). The number of aryl methyl sites for hydroxylation is 1. The van der Waals surface area contributed by atoms with E-state index in [4.69, 9.17) is 11.6 Å². The van der Waals surface area contributed by atoms with Crippen LogP contribution in [0.2, 0.25) is 5.02 Å². The lowest BCUT2D eigenvalue weighted by Crippen LogP contribution is -2.46. The highest BCUT2D eigenvalue weighted by Crippen LogP contribution is 2.12. The Kier molecular flexibility index (Phi) is 6.46. The molecule has 0 saturated carbocycles. The van der Waals surface area contributed by atoms with E-state index in [0.29, 0.717) is 10.7 Å². The summed E-state index contributed by atoms with van der Waals surface area (Å²) in [7, 11) is 0. The molecule has 0 atom stereocenters. The van der Waals surface area contributed by atoms with E-state index in [2.05, 4.69) is 15.4 Å². The maximum atomic E-state index is 13.2. The molecule has 4 aromatic rings. The van der Waals surface area contributed by atoms with Crippen LogP contribution in [0.1, 0.15) is 27.2 Å². The Balaban J connectivity index is 1.78. The molecule has 0 radical (unpaired) electrons. The maximum absolute atomic E-state index is 13.2. The smallest absolute Gasteiger partial charge is 0.346 e. The van der Waals surface area contributed by atoms with Crippen molar-refractivity contribution in [1.29, 1.82) is 0 Å². The fraction of sp³-hybridized carbons (Fsp3) is 0.125. The topological polar surface area (TPSA) is 98.9 Å². The van der Waals surface area contributed by atoms with Gasteiger partial charge in [-0.2, -0.15) is 9.78 Å². The number of aromatic nitrogens is 4. The molecule has 8 nitrogen and oxygen atoms in total. The van der Waals surface area contributed by atoms with Gasteiger partial charge in [0.15, 0.2) is 0 Å². The highest BCUT2D eigenvalue weighted by Gasteiger charge is 2.20. The van der Waals surface area contributed by atoms with Gasteiger partial charge in [0.25, 0.3) is 11.5 Å². The summed E-state index contributed by atoms with van der Waals surface area (Å²) in [5.41, 5.74) is 1.04. The molecule has 0 aliphatic heterocycles. The molecule has 4 rings (SSSR count). The molecule has 1 amide bonds. The largest absolute Gasteiger partial charge is 0.352 e. The molecule has 0 fully saturated rings. The average Bonchev–Trinajstić information content (AvgIpc) is 2.82. The molecule has 9 heteroatoms. The normalized spacial score (nSPS) is 10.7. The number of halogens is 1. The second-order valence-corrected chi connectivity index (χ2v) is 7.88. The fourth-order valence-electron chi connectivity index (χ4n) is 3.22. The molecule has 2 heterocycles. The second-order valence-electron chi connectivity index (χ2n) is 7.44. The van der Waals surface area contributed by atoms with Gasteiger partial charge in [-0.3, -0.25) is 19.1 Å². The van der Waals surface area contributed by atoms with Crippen LogP contribution in [0.4, 0.5) is 0 Å². The summed E-state index contributed by atoms with van der Waals surface area (Å²) in [5.74, 6) is -0.697. The summed E-state index contributed by atoms with van der Waals surface area (Å²) in [5, 5.41) is 7.15. The molecule has 166 valence electrons. The van der Waals surface area contributed by atoms with Gasteiger partial charge < -0.3 is 5.32 Å². The van der Waals surface area contributed by atoms with E-state index in [1.54, 1.807) is 42.7 Å². The third-order valence-electron chi connectivity index (χ3n) is 4.96. The van der Waals surface area contributed by atoms with E-state index in [9.17, 15) is 14.4 Å². The third kappa shape index (κ3) is 5.07. The van der Waals surface area contributed by atoms with Crippen LogP contribution >= 0.6 is 11.6 Å². The first-order valence-electron chi connectivity index (χ1n) is 10.1. The Hall–Kier alpha value is -4.04. The monoisotopic (exact) mass is 461 g/mol. The Morgan fingerprint density at radius 1 is 1.03 bits per heavy atom. The van der Waals surface area contributed by atoms with E-state index in [-0.39, 0.29) is 13.1 Å². The Morgan fingerprint density at radius 2 is 1.82 bits per heavy atom. The van der Waals surface area contributed by atoms with E-state index < -0.39 is 22.9 Å². The van der Waals surface area contributed by atoms with Crippen LogP contribution < -0.4 is 16.6 Å². The zero-order valence-corrected chi connectivity index (χ0v) is 18.5. The minimum Gasteiger partial charge on any atom is -0.346 e. The van der Waals surface area contributed by atoms with Gasteiger partial charge in [-0.1, -0.05) is 53.6 Å². The quantitative estimate of drug-likeness (QED) is 0.476. The van der Waals surface area contributed by atoms with Crippen LogP contribution in [-0.4, -0.2) is 25.2 Å². The van der Waals surface area contributed by atoms with Crippen LogP contribution in [-0.2, 0) is 13.1 Å². The number of pyridine rings is 1. The number of hydrogen-bond donors (Lipinski definition) is 1. The van der Waals surface area contributed by atoms with Gasteiger partial charge in [0.05, 0.1) is 12.2 Å². The van der Waals surface area contributed by atoms with Crippen molar-refractivity contribution in [3.8, 4) is 5.69 Å². The summed E-state index contributed by atoms with van der Waals surface area (Å²) in [4.78, 5) is 43.3. The Morgan fingerprint density at radius 3 is 2.52 bits per heavy atom. The average molecular weight is 462 g/mol. The van der Waals surface area contributed by atoms with Crippen LogP contribution in [0, 0.1) is 6.92 Å². The first-order valence-corrected chi connectivity index (χ1v) is 10.5. The minimum atomic E-state index is -0.775. The number of rotatable bonds is 6. The van der Waals surface area contributed by atoms with Crippen molar-refractivity contribution in [2.24, 2.45) is 0 Å². The number of carbonyl (C=O) groups is 1. The summed E-state index contributed by atoms with van der Waals surface area (Å²) >= 11 is 6.09. The van der Waals surface area contributed by atoms with Gasteiger partial charge in [-0.05, 0) is 42.3 Å². The molecule has 0 spiro atoms. The number of nitrogens with zero attached hydrogens (tertiary/aromatic N) is 4. The second kappa shape index (κ2) is 9.62. The zero-order chi connectivity index (χ0) is 23.4. The van der Waals surface area contributed by atoms with Gasteiger partial charge in [-0.25, -0.2) is 4.79 Å². The molecular weight excluding hydrogens is 442 g/mol. The molecular formula is C24H20ClN5O3. The molecule has 0 saturated heterocycles. The number of benzene rings is 2. The number of nitrogens with one attached hydrogen (secondary N) is 1. The van der Waals surface area contributed by atoms with Crippen molar-refractivity contribution in [1.82, 2.24) is 24.6 Å². The Bertz CT molecular complexity index is 1410. The molecule has 2 aromatic carbocycles. The van der Waals surface area contributed by atoms with Gasteiger partial charge in [0.2, 0.25) is 5.69 Å². The molecule has 0 unspecified atom stereocenters. The highest BCUT2D eigenvalue weighted by atomic mass is 35.5. The summed E-state index contributed by atoms with van der Waals surface area (Å²) in [6, 6.07) is 17.4. The minimum absolute atomic E-state index is 0.0100. The van der Waals surface area contributed by atoms with Crippen molar-refractivity contribution < 1.29 is 4.79 Å². The summed E-state index contributed by atoms with van der Waals surface area (Å²) in [6.07, 6.45) is 3.23. The lowest BCUT2D eigenvalue weighted by Gasteiger charge is -2.13. The first-order chi connectivity index (χ1) is 15.9. The van der Waals surface area contributed by atoms with Crippen molar-refractivity contribution >= 4 is 17.5 Å². The predicted molar refractivity (Wildman–Crippen MR) is 125 cm³/mol. The number of hydrogen-bond acceptors (Lipinski definition) is 5. The van der Waals surface area contributed by atoms with Crippen LogP contribution in [0.15, 0.2) is 82.6 Å². The van der Waals surface area contributed by atoms with Gasteiger partial charge >= 0.3 is 5.69 Å². The summed E-state index contributed by atoms with van der Waals surface area (Å²) < 4.78 is 2.01. The van der Waals surface area contributed by atoms with Crippen LogP contribution in [0.25, 0.3) is 5.69 Å². The van der Waals surface area contributed by atoms with Crippen LogP contribution in [0.5, 0.6) is 0 Å². The molecule has 1 N–H and O–H groups in total. The SMILES string of the molecule is Cc1ccc(Cn2c(=O)c(C(=O)NCc3cccnc3)nn(-c3cccc(Cl)c3)c2=O)cc1. The van der Waals surface area contributed by atoms with Crippen LogP contribution in [0.3, 0.4) is 0 Å². The molecule has 0 bridgehead atoms. The predicted octanol–water partition coefficient (Wildman–Crippen LogP) is 2.73. The van der Waals surface area contributed by atoms with E-state index in [1.807, 2.05) is 31.2 Å². The van der Waals surface area contributed by atoms with Gasteiger partial charge in [0, 0.05) is 24.0 Å². The summed E-state index contributed by atoms with van der Waals surface area (Å²) in [6.45, 7) is 2.09. The molecule has 2 aromatic heterocycles. The lowest BCUT2D eigenvalue weighted by molar-refractivity contribution is 0.0941. The zero-order valence-electron chi connectivity index (χ0n) is 17.7. The van der Waals surface area contributed by atoms with Crippen molar-refractivity contribution in [2.45, 2.75) is 20.0 Å². The van der Waals surface area contributed by atoms with E-state index in [1.165, 1.54) is 6.07 Å². The van der Waals surface area contributed by atoms with Gasteiger partial charge in [-0.15, -0.1) is 0 Å². The molecule has 0 aliphatic rings. The highest BCUT2D eigenvalue weighted by molar-refractivity contribution is 6.30. The van der Waals surface area contributed by atoms with Gasteiger partial charge in [0.1, 0.15) is 0 Å². The fourth-order valence-corrected chi connectivity index (χ4v) is 3.40. The lowest BCUT2D eigenvalue weighted by atomic mass is 10.1. The molecule has 33 heavy (non-hydrogen) atoms. The van der Waals surface area contributed by atoms with Crippen molar-refractivity contribution in [3.05, 3.63) is 121 Å².